The maximum Gasteiger partial charge on any atom is 0.0792 e. The molecule has 16 heavy (non-hydrogen) atoms. The normalized spacial score (nSPS) is 12.9. The summed E-state index contributed by atoms with van der Waals surface area (Å²) in [7, 11) is 0. The zero-order valence-corrected chi connectivity index (χ0v) is 9.54. The van der Waals surface area contributed by atoms with Crippen molar-refractivity contribution in [1.82, 2.24) is 19.6 Å². The molecule has 2 aromatic rings. The van der Waals surface area contributed by atoms with Gasteiger partial charge in [-0.2, -0.15) is 10.2 Å². The van der Waals surface area contributed by atoms with Crippen LogP contribution in [0.1, 0.15) is 31.1 Å². The Bertz CT molecular complexity index is 458. The van der Waals surface area contributed by atoms with Crippen molar-refractivity contribution in [1.29, 1.82) is 0 Å². The third-order valence-electron chi connectivity index (χ3n) is 2.49. The second-order valence-electron chi connectivity index (χ2n) is 3.85. The van der Waals surface area contributed by atoms with Gasteiger partial charge in [0.15, 0.2) is 0 Å². The van der Waals surface area contributed by atoms with Gasteiger partial charge in [-0.1, -0.05) is 0 Å². The molecule has 2 heterocycles. The van der Waals surface area contributed by atoms with Crippen LogP contribution in [0.5, 0.6) is 0 Å². The van der Waals surface area contributed by atoms with Gasteiger partial charge in [-0.05, 0) is 13.8 Å². The molecule has 1 unspecified atom stereocenters. The van der Waals surface area contributed by atoms with Crippen molar-refractivity contribution in [3.63, 3.8) is 0 Å². The topological polar surface area (TPSA) is 55.9 Å². The molecule has 0 radical (unpaired) electrons. The van der Waals surface area contributed by atoms with Crippen molar-refractivity contribution < 1.29 is 5.11 Å². The fraction of sp³-hybridized carbons (Fsp3) is 0.455. The van der Waals surface area contributed by atoms with E-state index in [0.29, 0.717) is 6.54 Å². The second kappa shape index (κ2) is 4.49. The molecular weight excluding hydrogens is 204 g/mol. The van der Waals surface area contributed by atoms with Gasteiger partial charge in [0, 0.05) is 30.1 Å². The summed E-state index contributed by atoms with van der Waals surface area (Å²) in [6.45, 7) is 5.34. The molecule has 1 atom stereocenters. The molecule has 2 rings (SSSR count). The first-order valence-electron chi connectivity index (χ1n) is 5.40. The van der Waals surface area contributed by atoms with E-state index in [1.807, 2.05) is 23.3 Å². The third kappa shape index (κ3) is 2.30. The van der Waals surface area contributed by atoms with Crippen LogP contribution in [0.2, 0.25) is 0 Å². The van der Waals surface area contributed by atoms with Crippen molar-refractivity contribution in [2.45, 2.75) is 33.0 Å². The van der Waals surface area contributed by atoms with Gasteiger partial charge in [0.25, 0.3) is 0 Å². The minimum atomic E-state index is -0.466. The quantitative estimate of drug-likeness (QED) is 0.842. The molecule has 0 saturated carbocycles. The molecule has 0 aliphatic heterocycles. The average molecular weight is 220 g/mol. The first kappa shape index (κ1) is 10.9. The van der Waals surface area contributed by atoms with Gasteiger partial charge in [-0.3, -0.25) is 9.36 Å². The zero-order chi connectivity index (χ0) is 11.5. The molecule has 5 heteroatoms. The Morgan fingerprint density at radius 3 is 2.56 bits per heavy atom. The number of rotatable bonds is 4. The molecule has 0 bridgehead atoms. The smallest absolute Gasteiger partial charge is 0.0792 e. The maximum absolute atomic E-state index is 9.38. The van der Waals surface area contributed by atoms with Gasteiger partial charge >= 0.3 is 0 Å². The Hall–Kier alpha value is -1.62. The van der Waals surface area contributed by atoms with Crippen LogP contribution < -0.4 is 0 Å². The molecule has 0 aliphatic rings. The molecule has 0 fully saturated rings. The third-order valence-corrected chi connectivity index (χ3v) is 2.49. The minimum Gasteiger partial charge on any atom is -0.389 e. The highest BCUT2D eigenvalue weighted by Crippen LogP contribution is 2.10. The van der Waals surface area contributed by atoms with Crippen LogP contribution in [0, 0.1) is 0 Å². The summed E-state index contributed by atoms with van der Waals surface area (Å²) < 4.78 is 3.69. The lowest BCUT2D eigenvalue weighted by atomic mass is 10.2. The average Bonchev–Trinajstić information content (AvgIpc) is 2.87. The van der Waals surface area contributed by atoms with Crippen LogP contribution in [0.3, 0.4) is 0 Å². The molecule has 0 saturated heterocycles. The van der Waals surface area contributed by atoms with Crippen LogP contribution in [0.4, 0.5) is 0 Å². The van der Waals surface area contributed by atoms with Crippen LogP contribution in [-0.2, 0) is 13.1 Å². The predicted octanol–water partition coefficient (Wildman–Crippen LogP) is 1.20. The van der Waals surface area contributed by atoms with E-state index < -0.39 is 6.10 Å². The first-order valence-corrected chi connectivity index (χ1v) is 5.40. The Kier molecular flexibility index (Phi) is 3.05. The SMILES string of the molecule is CCn1cc(Cn2cc(C(C)O)cn2)cn1. The number of aliphatic hydroxyl groups excluding tert-OH is 1. The Balaban J connectivity index is 2.08. The lowest BCUT2D eigenvalue weighted by Crippen LogP contribution is -1.99. The highest BCUT2D eigenvalue weighted by molar-refractivity contribution is 5.10. The van der Waals surface area contributed by atoms with Gasteiger partial charge in [0.05, 0.1) is 25.0 Å². The van der Waals surface area contributed by atoms with E-state index in [1.165, 1.54) is 0 Å². The molecule has 2 aromatic heterocycles. The van der Waals surface area contributed by atoms with Crippen LogP contribution >= 0.6 is 0 Å². The highest BCUT2D eigenvalue weighted by Gasteiger charge is 2.05. The zero-order valence-electron chi connectivity index (χ0n) is 9.54. The van der Waals surface area contributed by atoms with E-state index in [1.54, 1.807) is 17.8 Å². The highest BCUT2D eigenvalue weighted by atomic mass is 16.3. The summed E-state index contributed by atoms with van der Waals surface area (Å²) in [5.41, 5.74) is 1.95. The number of aryl methyl sites for hydroxylation is 1. The van der Waals surface area contributed by atoms with E-state index >= 15 is 0 Å². The van der Waals surface area contributed by atoms with Crippen molar-refractivity contribution in [2.24, 2.45) is 0 Å². The number of hydrogen-bond acceptors (Lipinski definition) is 3. The van der Waals surface area contributed by atoms with Crippen LogP contribution in [0.25, 0.3) is 0 Å². The first-order chi connectivity index (χ1) is 7.69. The van der Waals surface area contributed by atoms with Gasteiger partial charge in [-0.15, -0.1) is 0 Å². The molecule has 86 valence electrons. The van der Waals surface area contributed by atoms with Crippen LogP contribution in [0.15, 0.2) is 24.8 Å². The van der Waals surface area contributed by atoms with Crippen LogP contribution in [-0.4, -0.2) is 24.7 Å². The minimum absolute atomic E-state index is 0.466. The summed E-state index contributed by atoms with van der Waals surface area (Å²) in [5.74, 6) is 0. The summed E-state index contributed by atoms with van der Waals surface area (Å²) in [6, 6.07) is 0. The van der Waals surface area contributed by atoms with Crippen molar-refractivity contribution in [2.75, 3.05) is 0 Å². The standard InChI is InChI=1S/C11H16N4O/c1-3-14-6-10(4-12-14)7-15-8-11(5-13-15)9(2)16/h4-6,8-9,16H,3,7H2,1-2H3. The van der Waals surface area contributed by atoms with E-state index in [2.05, 4.69) is 17.1 Å². The van der Waals surface area contributed by atoms with Gasteiger partial charge in [-0.25, -0.2) is 0 Å². The van der Waals surface area contributed by atoms with E-state index in [9.17, 15) is 5.11 Å². The van der Waals surface area contributed by atoms with Gasteiger partial charge in [0.2, 0.25) is 0 Å². The molecular formula is C11H16N4O. The van der Waals surface area contributed by atoms with Crippen molar-refractivity contribution in [3.8, 4) is 0 Å². The predicted molar refractivity (Wildman–Crippen MR) is 59.9 cm³/mol. The van der Waals surface area contributed by atoms with Gasteiger partial charge < -0.3 is 5.11 Å². The van der Waals surface area contributed by atoms with E-state index in [0.717, 1.165) is 17.7 Å². The monoisotopic (exact) mass is 220 g/mol. The lowest BCUT2D eigenvalue weighted by Gasteiger charge is -1.99. The van der Waals surface area contributed by atoms with Crippen molar-refractivity contribution in [3.05, 3.63) is 35.9 Å². The number of aromatic nitrogens is 4. The van der Waals surface area contributed by atoms with Gasteiger partial charge in [0.1, 0.15) is 0 Å². The lowest BCUT2D eigenvalue weighted by molar-refractivity contribution is 0.199. The Morgan fingerprint density at radius 2 is 2.00 bits per heavy atom. The summed E-state index contributed by atoms with van der Waals surface area (Å²) >= 11 is 0. The van der Waals surface area contributed by atoms with Crippen molar-refractivity contribution >= 4 is 0 Å². The van der Waals surface area contributed by atoms with E-state index in [4.69, 9.17) is 0 Å². The summed E-state index contributed by atoms with van der Waals surface area (Å²) in [5, 5.41) is 17.8. The molecule has 0 amide bonds. The Labute approximate surface area is 94.3 Å². The molecule has 0 spiro atoms. The summed E-state index contributed by atoms with van der Waals surface area (Å²) in [4.78, 5) is 0. The molecule has 0 aromatic carbocycles. The number of aliphatic hydroxyl groups is 1. The van der Waals surface area contributed by atoms with E-state index in [-0.39, 0.29) is 0 Å². The second-order valence-corrected chi connectivity index (χ2v) is 3.85. The fourth-order valence-electron chi connectivity index (χ4n) is 1.53. The number of hydrogen-bond donors (Lipinski definition) is 1. The molecule has 5 nitrogen and oxygen atoms in total. The Morgan fingerprint density at radius 1 is 1.25 bits per heavy atom. The maximum atomic E-state index is 9.38. The largest absolute Gasteiger partial charge is 0.389 e. The number of nitrogens with zero attached hydrogens (tertiary/aromatic N) is 4. The molecule has 0 aliphatic carbocycles. The summed E-state index contributed by atoms with van der Waals surface area (Å²) in [6.07, 6.45) is 6.92. The fourth-order valence-corrected chi connectivity index (χ4v) is 1.53. The molecule has 1 N–H and O–H groups in total.